The zero-order chi connectivity index (χ0) is 19.0. The van der Waals surface area contributed by atoms with Crippen molar-refractivity contribution in [2.75, 3.05) is 41.7 Å². The molecule has 0 atom stereocenters. The molecule has 0 saturated carbocycles. The maximum Gasteiger partial charge on any atom is 0.232 e. The Labute approximate surface area is 165 Å². The molecule has 1 aliphatic rings. The zero-order valence-electron chi connectivity index (χ0n) is 15.8. The van der Waals surface area contributed by atoms with Gasteiger partial charge >= 0.3 is 0 Å². The van der Waals surface area contributed by atoms with E-state index in [9.17, 15) is 0 Å². The van der Waals surface area contributed by atoms with Crippen LogP contribution in [0.15, 0.2) is 60.7 Å². The van der Waals surface area contributed by atoms with Crippen molar-refractivity contribution in [1.82, 2.24) is 20.3 Å². The molecule has 144 valence electrons. The van der Waals surface area contributed by atoms with E-state index in [-0.39, 0.29) is 0 Å². The van der Waals surface area contributed by atoms with Gasteiger partial charge < -0.3 is 20.9 Å². The van der Waals surface area contributed by atoms with Crippen molar-refractivity contribution in [1.29, 1.82) is 0 Å². The third-order valence-electron chi connectivity index (χ3n) is 4.61. The van der Waals surface area contributed by atoms with Crippen molar-refractivity contribution in [3.05, 3.63) is 71.8 Å². The first kappa shape index (κ1) is 18.2. The molecule has 0 amide bonds. The molecule has 0 bridgehead atoms. The second-order valence-electron chi connectivity index (χ2n) is 6.70. The summed E-state index contributed by atoms with van der Waals surface area (Å²) in [4.78, 5) is 16.1. The van der Waals surface area contributed by atoms with Gasteiger partial charge in [-0.25, -0.2) is 0 Å². The molecule has 0 radical (unpaired) electrons. The first-order valence-corrected chi connectivity index (χ1v) is 9.64. The topological polar surface area (TPSA) is 78.0 Å². The number of nitrogens with one attached hydrogen (secondary N) is 3. The monoisotopic (exact) mass is 375 g/mol. The molecular weight excluding hydrogens is 350 g/mol. The van der Waals surface area contributed by atoms with Gasteiger partial charge in [0.15, 0.2) is 0 Å². The minimum Gasteiger partial charge on any atom is -0.350 e. The number of anilines is 3. The van der Waals surface area contributed by atoms with Gasteiger partial charge in [0.25, 0.3) is 0 Å². The first-order valence-electron chi connectivity index (χ1n) is 9.64. The molecule has 0 unspecified atom stereocenters. The molecular formula is C21H25N7. The fourth-order valence-electron chi connectivity index (χ4n) is 3.08. The summed E-state index contributed by atoms with van der Waals surface area (Å²) in [5.41, 5.74) is 2.37. The predicted molar refractivity (Wildman–Crippen MR) is 112 cm³/mol. The largest absolute Gasteiger partial charge is 0.350 e. The van der Waals surface area contributed by atoms with Crippen LogP contribution in [0.25, 0.3) is 0 Å². The standard InChI is InChI=1S/C21H25N7/c1-3-7-17(8-4-1)15-23-19-25-20(24-16-18-9-5-2-6-10-18)27-21(26-19)28-13-11-22-12-14-28/h1-10,22H,11-16H2,(H2,23,24,25,26,27). The quantitative estimate of drug-likeness (QED) is 0.586. The lowest BCUT2D eigenvalue weighted by Crippen LogP contribution is -2.44. The van der Waals surface area contributed by atoms with E-state index >= 15 is 0 Å². The van der Waals surface area contributed by atoms with E-state index in [4.69, 9.17) is 0 Å². The van der Waals surface area contributed by atoms with E-state index in [1.807, 2.05) is 36.4 Å². The van der Waals surface area contributed by atoms with E-state index in [0.717, 1.165) is 26.2 Å². The molecule has 7 heteroatoms. The van der Waals surface area contributed by atoms with Crippen LogP contribution >= 0.6 is 0 Å². The van der Waals surface area contributed by atoms with Gasteiger partial charge in [-0.2, -0.15) is 15.0 Å². The summed E-state index contributed by atoms with van der Waals surface area (Å²) >= 11 is 0. The fraction of sp³-hybridized carbons (Fsp3) is 0.286. The molecule has 3 N–H and O–H groups in total. The van der Waals surface area contributed by atoms with Crippen molar-refractivity contribution in [2.45, 2.75) is 13.1 Å². The average molecular weight is 375 g/mol. The van der Waals surface area contributed by atoms with Crippen LogP contribution in [0.3, 0.4) is 0 Å². The SMILES string of the molecule is c1ccc(CNc2nc(NCc3ccccc3)nc(N3CCNCC3)n2)cc1. The van der Waals surface area contributed by atoms with Gasteiger partial charge in [-0.1, -0.05) is 60.7 Å². The molecule has 2 heterocycles. The van der Waals surface area contributed by atoms with Crippen LogP contribution in [0.4, 0.5) is 17.8 Å². The average Bonchev–Trinajstić information content (AvgIpc) is 2.78. The Morgan fingerprint density at radius 2 is 1.21 bits per heavy atom. The van der Waals surface area contributed by atoms with Crippen LogP contribution in [0.1, 0.15) is 11.1 Å². The number of rotatable bonds is 7. The van der Waals surface area contributed by atoms with Crippen molar-refractivity contribution >= 4 is 17.8 Å². The summed E-state index contributed by atoms with van der Waals surface area (Å²) in [7, 11) is 0. The Kier molecular flexibility index (Phi) is 5.94. The summed E-state index contributed by atoms with van der Waals surface area (Å²) in [6, 6.07) is 20.5. The van der Waals surface area contributed by atoms with E-state index in [1.54, 1.807) is 0 Å². The summed E-state index contributed by atoms with van der Waals surface area (Å²) in [6.45, 7) is 4.99. The van der Waals surface area contributed by atoms with E-state index in [0.29, 0.717) is 30.9 Å². The van der Waals surface area contributed by atoms with Crippen molar-refractivity contribution in [2.24, 2.45) is 0 Å². The smallest absolute Gasteiger partial charge is 0.232 e. The van der Waals surface area contributed by atoms with Crippen LogP contribution in [0.2, 0.25) is 0 Å². The van der Waals surface area contributed by atoms with Crippen molar-refractivity contribution in [3.63, 3.8) is 0 Å². The minimum absolute atomic E-state index is 0.586. The zero-order valence-corrected chi connectivity index (χ0v) is 15.8. The van der Waals surface area contributed by atoms with Crippen LogP contribution in [-0.2, 0) is 13.1 Å². The van der Waals surface area contributed by atoms with E-state index in [1.165, 1.54) is 11.1 Å². The Bertz CT molecular complexity index is 803. The molecule has 0 aliphatic carbocycles. The van der Waals surface area contributed by atoms with Gasteiger partial charge in [0, 0.05) is 39.3 Å². The third-order valence-corrected chi connectivity index (χ3v) is 4.61. The van der Waals surface area contributed by atoms with Gasteiger partial charge in [0.1, 0.15) is 0 Å². The van der Waals surface area contributed by atoms with Crippen LogP contribution in [0.5, 0.6) is 0 Å². The van der Waals surface area contributed by atoms with Crippen molar-refractivity contribution < 1.29 is 0 Å². The molecule has 1 saturated heterocycles. The van der Waals surface area contributed by atoms with Crippen LogP contribution in [-0.4, -0.2) is 41.1 Å². The molecule has 1 fully saturated rings. The summed E-state index contributed by atoms with van der Waals surface area (Å²) < 4.78 is 0. The molecule has 7 nitrogen and oxygen atoms in total. The lowest BCUT2D eigenvalue weighted by atomic mass is 10.2. The number of hydrogen-bond donors (Lipinski definition) is 3. The van der Waals surface area contributed by atoms with Gasteiger partial charge in [0.2, 0.25) is 17.8 Å². The maximum absolute atomic E-state index is 4.65. The number of hydrogen-bond acceptors (Lipinski definition) is 7. The summed E-state index contributed by atoms with van der Waals surface area (Å²) in [6.07, 6.45) is 0. The van der Waals surface area contributed by atoms with Gasteiger partial charge in [0.05, 0.1) is 0 Å². The lowest BCUT2D eigenvalue weighted by molar-refractivity contribution is 0.579. The molecule has 2 aromatic carbocycles. The molecule has 1 aliphatic heterocycles. The van der Waals surface area contributed by atoms with Gasteiger partial charge in [-0.3, -0.25) is 0 Å². The Morgan fingerprint density at radius 3 is 1.71 bits per heavy atom. The highest BCUT2D eigenvalue weighted by molar-refractivity contribution is 5.45. The molecule has 3 aromatic rings. The summed E-state index contributed by atoms with van der Waals surface area (Å²) in [5, 5.41) is 10.0. The highest BCUT2D eigenvalue weighted by Crippen LogP contribution is 2.16. The number of benzene rings is 2. The maximum atomic E-state index is 4.65. The van der Waals surface area contributed by atoms with Crippen LogP contribution < -0.4 is 20.9 Å². The molecule has 4 rings (SSSR count). The number of nitrogens with zero attached hydrogens (tertiary/aromatic N) is 4. The predicted octanol–water partition coefficient (Wildman–Crippen LogP) is 2.51. The minimum atomic E-state index is 0.586. The molecule has 1 aromatic heterocycles. The van der Waals surface area contributed by atoms with Gasteiger partial charge in [-0.15, -0.1) is 0 Å². The normalized spacial score (nSPS) is 13.9. The number of aromatic nitrogens is 3. The fourth-order valence-corrected chi connectivity index (χ4v) is 3.08. The van der Waals surface area contributed by atoms with E-state index in [2.05, 4.69) is 60.1 Å². The van der Waals surface area contributed by atoms with Gasteiger partial charge in [-0.05, 0) is 11.1 Å². The number of piperazine rings is 1. The second-order valence-corrected chi connectivity index (χ2v) is 6.70. The Morgan fingerprint density at radius 1 is 0.714 bits per heavy atom. The van der Waals surface area contributed by atoms with Crippen LogP contribution in [0, 0.1) is 0 Å². The highest BCUT2D eigenvalue weighted by Gasteiger charge is 2.16. The second kappa shape index (κ2) is 9.14. The molecule has 0 spiro atoms. The Hall–Kier alpha value is -3.19. The van der Waals surface area contributed by atoms with E-state index < -0.39 is 0 Å². The lowest BCUT2D eigenvalue weighted by Gasteiger charge is -2.27. The third kappa shape index (κ3) is 4.95. The summed E-state index contributed by atoms with van der Waals surface area (Å²) in [5.74, 6) is 1.88. The Balaban J connectivity index is 1.51. The first-order chi connectivity index (χ1) is 13.9. The highest BCUT2D eigenvalue weighted by atomic mass is 15.3. The van der Waals surface area contributed by atoms with Crippen molar-refractivity contribution in [3.8, 4) is 0 Å². The molecule has 28 heavy (non-hydrogen) atoms.